The molecule has 7 nitrogen and oxygen atoms in total. The molecule has 2 N–H and O–H groups in total. The van der Waals surface area contributed by atoms with Crippen LogP contribution in [0.2, 0.25) is 0 Å². The van der Waals surface area contributed by atoms with E-state index in [-0.39, 0.29) is 0 Å². The first-order valence-electron chi connectivity index (χ1n) is 5.86. The molecule has 1 unspecified atom stereocenters. The Morgan fingerprint density at radius 1 is 1.42 bits per heavy atom. The van der Waals surface area contributed by atoms with E-state index >= 15 is 0 Å². The van der Waals surface area contributed by atoms with Crippen LogP contribution in [-0.4, -0.2) is 54.7 Å². The lowest BCUT2D eigenvalue weighted by Gasteiger charge is -2.15. The number of aliphatic hydroxyl groups excluding tert-OH is 2. The van der Waals surface area contributed by atoms with E-state index in [0.717, 1.165) is 0 Å². The van der Waals surface area contributed by atoms with E-state index in [4.69, 9.17) is 9.84 Å². The second-order valence-electron chi connectivity index (χ2n) is 4.47. The molecule has 8 heteroatoms. The monoisotopic (exact) mass is 268 g/mol. The molecular weight excluding hydrogens is 255 g/mol. The van der Waals surface area contributed by atoms with E-state index in [1.54, 1.807) is 6.92 Å². The van der Waals surface area contributed by atoms with Gasteiger partial charge >= 0.3 is 0 Å². The van der Waals surface area contributed by atoms with Crippen LogP contribution in [0.25, 0.3) is 11.2 Å². The lowest BCUT2D eigenvalue weighted by molar-refractivity contribution is -0.0495. The van der Waals surface area contributed by atoms with Crippen LogP contribution < -0.4 is 0 Å². The number of aromatic nitrogens is 4. The Morgan fingerprint density at radius 2 is 2.21 bits per heavy atom. The summed E-state index contributed by atoms with van der Waals surface area (Å²) < 4.78 is 20.5. The van der Waals surface area contributed by atoms with Crippen LogP contribution in [0.15, 0.2) is 12.7 Å². The Morgan fingerprint density at radius 3 is 2.89 bits per heavy atom. The molecule has 102 valence electrons. The first kappa shape index (κ1) is 12.4. The minimum Gasteiger partial charge on any atom is -0.394 e. The van der Waals surface area contributed by atoms with E-state index < -0.39 is 31.2 Å². The Kier molecular flexibility index (Phi) is 2.92. The molecule has 0 amide bonds. The van der Waals surface area contributed by atoms with Gasteiger partial charge in [0.2, 0.25) is 0 Å². The molecule has 0 aliphatic carbocycles. The van der Waals surface area contributed by atoms with Crippen LogP contribution in [0.5, 0.6) is 0 Å². The maximum Gasteiger partial charge on any atom is 0.166 e. The van der Waals surface area contributed by atoms with E-state index in [2.05, 4.69) is 15.0 Å². The highest BCUT2D eigenvalue weighted by Crippen LogP contribution is 2.32. The van der Waals surface area contributed by atoms with Gasteiger partial charge in [-0.1, -0.05) is 0 Å². The second-order valence-corrected chi connectivity index (χ2v) is 4.47. The van der Waals surface area contributed by atoms with Crippen molar-refractivity contribution >= 4 is 11.2 Å². The van der Waals surface area contributed by atoms with Crippen LogP contribution >= 0.6 is 0 Å². The molecule has 0 bridgehead atoms. The number of imidazole rings is 1. The summed E-state index contributed by atoms with van der Waals surface area (Å²) in [4.78, 5) is 12.2. The van der Waals surface area contributed by atoms with Crippen molar-refractivity contribution in [3.63, 3.8) is 0 Å². The highest BCUT2D eigenvalue weighted by molar-refractivity contribution is 5.72. The van der Waals surface area contributed by atoms with E-state index in [9.17, 15) is 9.50 Å². The SMILES string of the molecule is Cc1ncnc2c1ncn2C1O[C@H](CO)[C@@H](F)[C@H]1O. The molecular formula is C11H13FN4O3. The van der Waals surface area contributed by atoms with Crippen LogP contribution in [0.4, 0.5) is 4.39 Å². The summed E-state index contributed by atoms with van der Waals surface area (Å²) in [7, 11) is 0. The highest BCUT2D eigenvalue weighted by atomic mass is 19.1. The maximum absolute atomic E-state index is 13.7. The number of aryl methyl sites for hydroxylation is 1. The van der Waals surface area contributed by atoms with Crippen molar-refractivity contribution in [1.29, 1.82) is 0 Å². The largest absolute Gasteiger partial charge is 0.394 e. The molecule has 2 aromatic rings. The van der Waals surface area contributed by atoms with Crippen molar-refractivity contribution in [3.8, 4) is 0 Å². The summed E-state index contributed by atoms with van der Waals surface area (Å²) >= 11 is 0. The fourth-order valence-corrected chi connectivity index (χ4v) is 2.24. The van der Waals surface area contributed by atoms with Gasteiger partial charge in [0.1, 0.15) is 24.1 Å². The fraction of sp³-hybridized carbons (Fsp3) is 0.545. The Labute approximate surface area is 107 Å². The van der Waals surface area contributed by atoms with Crippen molar-refractivity contribution in [2.24, 2.45) is 0 Å². The number of fused-ring (bicyclic) bond motifs is 1. The van der Waals surface area contributed by atoms with Crippen LogP contribution in [-0.2, 0) is 4.74 Å². The van der Waals surface area contributed by atoms with Crippen molar-refractivity contribution in [1.82, 2.24) is 19.5 Å². The summed E-state index contributed by atoms with van der Waals surface area (Å²) in [6.07, 6.45) is -2.22. The minimum absolute atomic E-state index is 0.460. The molecule has 2 aromatic heterocycles. The fourth-order valence-electron chi connectivity index (χ4n) is 2.24. The third-order valence-corrected chi connectivity index (χ3v) is 3.28. The normalized spacial score (nSPS) is 31.2. The lowest BCUT2D eigenvalue weighted by atomic mass is 10.1. The first-order chi connectivity index (χ1) is 9.13. The molecule has 3 heterocycles. The van der Waals surface area contributed by atoms with Crippen LogP contribution in [0, 0.1) is 6.92 Å². The Bertz CT molecular complexity index is 605. The third kappa shape index (κ3) is 1.79. The topological polar surface area (TPSA) is 93.3 Å². The van der Waals surface area contributed by atoms with Gasteiger partial charge in [0, 0.05) is 0 Å². The smallest absolute Gasteiger partial charge is 0.166 e. The predicted octanol–water partition coefficient (Wildman–Crippen LogP) is -0.277. The summed E-state index contributed by atoms with van der Waals surface area (Å²) in [5.74, 6) is 0. The molecule has 1 aliphatic heterocycles. The Hall–Kier alpha value is -1.64. The quantitative estimate of drug-likeness (QED) is 0.778. The number of alkyl halides is 1. The molecule has 0 radical (unpaired) electrons. The number of aliphatic hydroxyl groups is 2. The number of hydrogen-bond acceptors (Lipinski definition) is 6. The lowest BCUT2D eigenvalue weighted by Crippen LogP contribution is -2.29. The van der Waals surface area contributed by atoms with Gasteiger partial charge in [0.15, 0.2) is 18.0 Å². The van der Waals surface area contributed by atoms with Crippen LogP contribution in [0.3, 0.4) is 0 Å². The summed E-state index contributed by atoms with van der Waals surface area (Å²) in [5, 5.41) is 18.9. The molecule has 1 fully saturated rings. The van der Waals surface area contributed by atoms with E-state index in [1.807, 2.05) is 0 Å². The third-order valence-electron chi connectivity index (χ3n) is 3.28. The number of nitrogens with zero attached hydrogens (tertiary/aromatic N) is 4. The summed E-state index contributed by atoms with van der Waals surface area (Å²) in [5.41, 5.74) is 1.72. The summed E-state index contributed by atoms with van der Waals surface area (Å²) in [6, 6.07) is 0. The van der Waals surface area contributed by atoms with Gasteiger partial charge in [0.05, 0.1) is 18.6 Å². The van der Waals surface area contributed by atoms with Gasteiger partial charge in [0.25, 0.3) is 0 Å². The van der Waals surface area contributed by atoms with Crippen LogP contribution in [0.1, 0.15) is 11.9 Å². The zero-order valence-corrected chi connectivity index (χ0v) is 10.1. The van der Waals surface area contributed by atoms with Crippen molar-refractivity contribution in [3.05, 3.63) is 18.3 Å². The second kappa shape index (κ2) is 4.48. The highest BCUT2D eigenvalue weighted by Gasteiger charge is 2.45. The Balaban J connectivity index is 2.04. The molecule has 1 saturated heterocycles. The zero-order chi connectivity index (χ0) is 13.6. The van der Waals surface area contributed by atoms with Crippen molar-refractivity contribution in [2.75, 3.05) is 6.61 Å². The number of rotatable bonds is 2. The van der Waals surface area contributed by atoms with Crippen molar-refractivity contribution in [2.45, 2.75) is 31.5 Å². The zero-order valence-electron chi connectivity index (χ0n) is 10.1. The molecule has 0 spiro atoms. The van der Waals surface area contributed by atoms with E-state index in [0.29, 0.717) is 16.9 Å². The van der Waals surface area contributed by atoms with Crippen molar-refractivity contribution < 1.29 is 19.3 Å². The van der Waals surface area contributed by atoms with Gasteiger partial charge in [-0.15, -0.1) is 0 Å². The van der Waals surface area contributed by atoms with Gasteiger partial charge in [-0.3, -0.25) is 4.57 Å². The molecule has 0 aromatic carbocycles. The predicted molar refractivity (Wildman–Crippen MR) is 62.0 cm³/mol. The van der Waals surface area contributed by atoms with E-state index in [1.165, 1.54) is 17.2 Å². The van der Waals surface area contributed by atoms with Gasteiger partial charge in [-0.25, -0.2) is 19.3 Å². The average molecular weight is 268 g/mol. The van der Waals surface area contributed by atoms with Gasteiger partial charge in [-0.2, -0.15) is 0 Å². The minimum atomic E-state index is -1.64. The number of halogens is 1. The van der Waals surface area contributed by atoms with Gasteiger partial charge < -0.3 is 14.9 Å². The number of ether oxygens (including phenoxy) is 1. The number of hydrogen-bond donors (Lipinski definition) is 2. The molecule has 1 aliphatic rings. The molecule has 3 rings (SSSR count). The summed E-state index contributed by atoms with van der Waals surface area (Å²) in [6.45, 7) is 1.29. The molecule has 4 atom stereocenters. The molecule has 0 saturated carbocycles. The maximum atomic E-state index is 13.7. The average Bonchev–Trinajstić information content (AvgIpc) is 2.94. The first-order valence-corrected chi connectivity index (χ1v) is 5.86. The van der Waals surface area contributed by atoms with Gasteiger partial charge in [-0.05, 0) is 6.92 Å². The molecule has 19 heavy (non-hydrogen) atoms. The standard InChI is InChI=1S/C11H13FN4O3/c1-5-8-10(14-3-13-5)16(4-15-8)11-9(18)7(12)6(2-17)19-11/h3-4,6-7,9,11,17-18H,2H2,1H3/t6-,7-,9-,11?/m1/s1.